The molecule has 3 aromatic rings. The molecule has 5 heteroatoms. The number of aromatic nitrogens is 2. The molecule has 2 aromatic carbocycles. The monoisotopic (exact) mass is 322 g/mol. The lowest BCUT2D eigenvalue weighted by molar-refractivity contribution is 0.629. The normalized spacial score (nSPS) is 11.3. The number of nitrogens with zero attached hydrogens (tertiary/aromatic N) is 2. The molecule has 0 aliphatic carbocycles. The number of fused-ring (bicyclic) bond motifs is 1. The van der Waals surface area contributed by atoms with Crippen LogP contribution < -0.4 is 0 Å². The molecule has 0 saturated heterocycles. The van der Waals surface area contributed by atoms with Crippen LogP contribution in [0.4, 0.5) is 4.39 Å². The van der Waals surface area contributed by atoms with Gasteiger partial charge in [0.25, 0.3) is 0 Å². The number of imidazole rings is 1. The first-order valence-corrected chi connectivity index (χ1v) is 7.42. The van der Waals surface area contributed by atoms with Crippen molar-refractivity contribution in [1.29, 1.82) is 0 Å². The van der Waals surface area contributed by atoms with E-state index < -0.39 is 5.82 Å². The summed E-state index contributed by atoms with van der Waals surface area (Å²) in [7, 11) is 0. The summed E-state index contributed by atoms with van der Waals surface area (Å²) < 4.78 is 15.7. The lowest BCUT2D eigenvalue weighted by Gasteiger charge is -2.10. The molecule has 3 rings (SSSR count). The quantitative estimate of drug-likeness (QED) is 0.595. The third-order valence-electron chi connectivity index (χ3n) is 3.35. The fraction of sp³-hybridized carbons (Fsp3) is 0.188. The second-order valence-corrected chi connectivity index (χ2v) is 5.77. The molecular weight excluding hydrogens is 310 g/mol. The Hall–Kier alpha value is -1.58. The van der Waals surface area contributed by atoms with Crippen molar-refractivity contribution in [1.82, 2.24) is 9.55 Å². The molecule has 0 saturated carbocycles. The van der Waals surface area contributed by atoms with E-state index in [1.54, 1.807) is 0 Å². The van der Waals surface area contributed by atoms with Gasteiger partial charge < -0.3 is 0 Å². The van der Waals surface area contributed by atoms with Crippen molar-refractivity contribution in [3.8, 4) is 5.69 Å². The smallest absolute Gasteiger partial charge is 0.144 e. The second-order valence-electron chi connectivity index (χ2n) is 5.10. The van der Waals surface area contributed by atoms with Crippen molar-refractivity contribution < 1.29 is 4.39 Å². The van der Waals surface area contributed by atoms with Gasteiger partial charge in [-0.1, -0.05) is 17.7 Å². The Balaban J connectivity index is 2.36. The zero-order valence-corrected chi connectivity index (χ0v) is 13.1. The highest BCUT2D eigenvalue weighted by atomic mass is 35.5. The highest BCUT2D eigenvalue weighted by molar-refractivity contribution is 6.31. The van der Waals surface area contributed by atoms with Crippen molar-refractivity contribution >= 4 is 34.2 Å². The summed E-state index contributed by atoms with van der Waals surface area (Å²) in [6.45, 7) is 4.04. The topological polar surface area (TPSA) is 17.8 Å². The number of hydrogen-bond donors (Lipinski definition) is 0. The van der Waals surface area contributed by atoms with Crippen LogP contribution in [0.3, 0.4) is 0 Å². The van der Waals surface area contributed by atoms with Crippen LogP contribution in [0.2, 0.25) is 5.02 Å². The lowest BCUT2D eigenvalue weighted by Crippen LogP contribution is -2.00. The van der Waals surface area contributed by atoms with E-state index in [9.17, 15) is 4.39 Å². The number of aryl methyl sites for hydroxylation is 2. The van der Waals surface area contributed by atoms with Crippen LogP contribution in [0.15, 0.2) is 30.3 Å². The number of halogens is 3. The van der Waals surface area contributed by atoms with E-state index >= 15 is 0 Å². The highest BCUT2D eigenvalue weighted by Crippen LogP contribution is 2.28. The molecule has 108 valence electrons. The fourth-order valence-corrected chi connectivity index (χ4v) is 2.92. The molecule has 0 N–H and O–H groups in total. The molecule has 0 fully saturated rings. The fourth-order valence-electron chi connectivity index (χ4n) is 2.58. The van der Waals surface area contributed by atoms with Gasteiger partial charge in [-0.05, 0) is 43.2 Å². The van der Waals surface area contributed by atoms with Gasteiger partial charge in [0.2, 0.25) is 0 Å². The van der Waals surface area contributed by atoms with E-state index in [0.717, 1.165) is 16.8 Å². The zero-order valence-electron chi connectivity index (χ0n) is 11.6. The Bertz CT molecular complexity index is 820. The van der Waals surface area contributed by atoms with Gasteiger partial charge in [0.1, 0.15) is 11.6 Å². The first-order valence-electron chi connectivity index (χ1n) is 6.50. The zero-order chi connectivity index (χ0) is 15.1. The predicted octanol–water partition coefficient (Wildman–Crippen LogP) is 5.17. The molecule has 0 bridgehead atoms. The predicted molar refractivity (Wildman–Crippen MR) is 85.1 cm³/mol. The van der Waals surface area contributed by atoms with E-state index in [-0.39, 0.29) is 10.9 Å². The van der Waals surface area contributed by atoms with Gasteiger partial charge in [0.15, 0.2) is 0 Å². The molecule has 0 aliphatic heterocycles. The number of benzene rings is 2. The Kier molecular flexibility index (Phi) is 3.64. The van der Waals surface area contributed by atoms with Gasteiger partial charge in [-0.15, -0.1) is 11.6 Å². The molecule has 2 nitrogen and oxygen atoms in total. The van der Waals surface area contributed by atoms with E-state index in [2.05, 4.69) is 11.1 Å². The summed E-state index contributed by atoms with van der Waals surface area (Å²) >= 11 is 11.8. The van der Waals surface area contributed by atoms with Crippen LogP contribution in [-0.4, -0.2) is 9.55 Å². The van der Waals surface area contributed by atoms with Crippen LogP contribution in [0.25, 0.3) is 16.7 Å². The maximum Gasteiger partial charge on any atom is 0.144 e. The van der Waals surface area contributed by atoms with Gasteiger partial charge in [0.05, 0.1) is 21.9 Å². The highest BCUT2D eigenvalue weighted by Gasteiger charge is 2.15. The molecular formula is C16H13Cl2FN2. The third-order valence-corrected chi connectivity index (χ3v) is 3.88. The molecule has 1 aromatic heterocycles. The van der Waals surface area contributed by atoms with Crippen LogP contribution >= 0.6 is 23.2 Å². The van der Waals surface area contributed by atoms with Crippen LogP contribution in [0.1, 0.15) is 17.0 Å². The number of rotatable bonds is 2. The van der Waals surface area contributed by atoms with Crippen molar-refractivity contribution in [2.75, 3.05) is 0 Å². The molecule has 0 unspecified atom stereocenters. The molecule has 0 radical (unpaired) electrons. The van der Waals surface area contributed by atoms with E-state index in [4.69, 9.17) is 23.2 Å². The Morgan fingerprint density at radius 2 is 1.76 bits per heavy atom. The molecule has 0 spiro atoms. The van der Waals surface area contributed by atoms with E-state index in [0.29, 0.717) is 16.9 Å². The van der Waals surface area contributed by atoms with Gasteiger partial charge >= 0.3 is 0 Å². The summed E-state index contributed by atoms with van der Waals surface area (Å²) in [5.41, 5.74) is 4.48. The lowest BCUT2D eigenvalue weighted by atomic mass is 10.1. The van der Waals surface area contributed by atoms with E-state index in [1.165, 1.54) is 12.1 Å². The summed E-state index contributed by atoms with van der Waals surface area (Å²) in [5.74, 6) is 0.440. The summed E-state index contributed by atoms with van der Waals surface area (Å²) in [4.78, 5) is 4.45. The van der Waals surface area contributed by atoms with Crippen molar-refractivity contribution in [2.24, 2.45) is 0 Å². The van der Waals surface area contributed by atoms with Gasteiger partial charge in [0, 0.05) is 11.8 Å². The molecule has 1 heterocycles. The molecule has 0 amide bonds. The minimum absolute atomic E-state index is 0.0636. The Morgan fingerprint density at radius 1 is 1.10 bits per heavy atom. The van der Waals surface area contributed by atoms with Crippen LogP contribution in [-0.2, 0) is 5.88 Å². The maximum atomic E-state index is 13.8. The first kappa shape index (κ1) is 14.4. The van der Waals surface area contributed by atoms with Crippen LogP contribution in [0.5, 0.6) is 0 Å². The summed E-state index contributed by atoms with van der Waals surface area (Å²) in [5, 5.41) is 0.0636. The van der Waals surface area contributed by atoms with E-state index in [1.807, 2.05) is 30.5 Å². The largest absolute Gasteiger partial charge is 0.295 e. The first-order chi connectivity index (χ1) is 9.99. The summed E-state index contributed by atoms with van der Waals surface area (Å²) in [6, 6.07) is 9.06. The number of hydrogen-bond acceptors (Lipinski definition) is 1. The summed E-state index contributed by atoms with van der Waals surface area (Å²) in [6.07, 6.45) is 0. The SMILES string of the molecule is Cc1cc(C)cc(-n2c(CCl)nc3cc(Cl)c(F)cc32)c1. The van der Waals surface area contributed by atoms with Gasteiger partial charge in [-0.3, -0.25) is 4.57 Å². The average molecular weight is 323 g/mol. The second kappa shape index (κ2) is 5.32. The minimum Gasteiger partial charge on any atom is -0.295 e. The molecule has 21 heavy (non-hydrogen) atoms. The molecule has 0 atom stereocenters. The molecule has 0 aliphatic rings. The average Bonchev–Trinajstić information content (AvgIpc) is 2.75. The standard InChI is InChI=1S/C16H13Cl2FN2/c1-9-3-10(2)5-11(4-9)21-15-7-13(19)12(18)6-14(15)20-16(21)8-17/h3-7H,8H2,1-2H3. The van der Waals surface area contributed by atoms with Crippen molar-refractivity contribution in [2.45, 2.75) is 19.7 Å². The Labute approximate surface area is 132 Å². The third kappa shape index (κ3) is 2.52. The van der Waals surface area contributed by atoms with Gasteiger partial charge in [-0.25, -0.2) is 9.37 Å². The van der Waals surface area contributed by atoms with Crippen molar-refractivity contribution in [3.63, 3.8) is 0 Å². The van der Waals surface area contributed by atoms with Crippen molar-refractivity contribution in [3.05, 3.63) is 58.1 Å². The van der Waals surface area contributed by atoms with Crippen LogP contribution in [0, 0.1) is 19.7 Å². The Morgan fingerprint density at radius 3 is 2.38 bits per heavy atom. The number of alkyl halides is 1. The van der Waals surface area contributed by atoms with Gasteiger partial charge in [-0.2, -0.15) is 0 Å². The minimum atomic E-state index is -0.462. The maximum absolute atomic E-state index is 13.8.